The summed E-state index contributed by atoms with van der Waals surface area (Å²) < 4.78 is 34.6. The van der Waals surface area contributed by atoms with E-state index in [1.54, 1.807) is 25.3 Å². The molecule has 1 aliphatic heterocycles. The molecular formula is C35H38F2N4O2. The SMILES string of the molecule is COc1ccc(C2=CN=C3/C(Nc4ccc(C(=O)CC(=N)[C@H](C)C/C=C/C(C)=N)c(C)c4)=C/C/C=C\CCC23)c(F)c1F. The van der Waals surface area contributed by atoms with Crippen LogP contribution >= 0.6 is 0 Å². The molecule has 4 rings (SSSR count). The van der Waals surface area contributed by atoms with Gasteiger partial charge >= 0.3 is 0 Å². The summed E-state index contributed by atoms with van der Waals surface area (Å²) in [6.45, 7) is 5.49. The largest absolute Gasteiger partial charge is 0.494 e. The molecule has 0 radical (unpaired) electrons. The number of allylic oxidation sites excluding steroid dienone is 7. The number of hydrogen-bond acceptors (Lipinski definition) is 6. The Morgan fingerprint density at radius 2 is 1.98 bits per heavy atom. The number of carbonyl (C=O) groups is 1. The number of aryl methyl sites for hydroxylation is 1. The van der Waals surface area contributed by atoms with Crippen LogP contribution in [0.25, 0.3) is 5.57 Å². The fraction of sp³-hybridized carbons (Fsp3) is 0.314. The Balaban J connectivity index is 1.50. The van der Waals surface area contributed by atoms with Crippen molar-refractivity contribution < 1.29 is 18.3 Å². The highest BCUT2D eigenvalue weighted by atomic mass is 19.2. The molecule has 0 saturated heterocycles. The number of rotatable bonds is 11. The molecule has 1 aliphatic carbocycles. The van der Waals surface area contributed by atoms with Gasteiger partial charge in [-0.2, -0.15) is 4.39 Å². The molecule has 0 bridgehead atoms. The quantitative estimate of drug-likeness (QED) is 0.140. The van der Waals surface area contributed by atoms with Crippen LogP contribution in [0, 0.1) is 41.2 Å². The highest BCUT2D eigenvalue weighted by Gasteiger charge is 2.31. The maximum atomic E-state index is 15.1. The van der Waals surface area contributed by atoms with Gasteiger partial charge in [-0.05, 0) is 93.0 Å². The number of benzene rings is 2. The zero-order chi connectivity index (χ0) is 31.1. The topological polar surface area (TPSA) is 98.4 Å². The third kappa shape index (κ3) is 7.49. The van der Waals surface area contributed by atoms with Crippen molar-refractivity contribution in [3.63, 3.8) is 0 Å². The van der Waals surface area contributed by atoms with Gasteiger partial charge in [0.2, 0.25) is 5.82 Å². The first-order chi connectivity index (χ1) is 20.6. The molecule has 0 saturated carbocycles. The summed E-state index contributed by atoms with van der Waals surface area (Å²) in [4.78, 5) is 17.8. The highest BCUT2D eigenvalue weighted by Crippen LogP contribution is 2.39. The molecule has 2 aliphatic rings. The number of ether oxygens (including phenoxy) is 1. The lowest BCUT2D eigenvalue weighted by molar-refractivity contribution is 0.0998. The monoisotopic (exact) mass is 584 g/mol. The van der Waals surface area contributed by atoms with E-state index < -0.39 is 11.6 Å². The average Bonchev–Trinajstić information content (AvgIpc) is 3.41. The minimum Gasteiger partial charge on any atom is -0.494 e. The number of methoxy groups -OCH3 is 1. The molecule has 224 valence electrons. The van der Waals surface area contributed by atoms with E-state index in [0.29, 0.717) is 41.8 Å². The first-order valence-corrected chi connectivity index (χ1v) is 14.5. The van der Waals surface area contributed by atoms with Gasteiger partial charge in [0.1, 0.15) is 0 Å². The molecule has 2 aromatic rings. The van der Waals surface area contributed by atoms with Gasteiger partial charge in [-0.25, -0.2) is 4.39 Å². The Kier molecular flexibility index (Phi) is 10.3. The van der Waals surface area contributed by atoms with Gasteiger partial charge in [0.25, 0.3) is 0 Å². The Morgan fingerprint density at radius 1 is 1.19 bits per heavy atom. The van der Waals surface area contributed by atoms with Gasteiger partial charge in [0.05, 0.1) is 18.5 Å². The number of carbonyl (C=O) groups excluding carboxylic acids is 1. The molecule has 0 amide bonds. The van der Waals surface area contributed by atoms with E-state index in [1.807, 2.05) is 38.1 Å². The molecule has 3 N–H and O–H groups in total. The lowest BCUT2D eigenvalue weighted by atomic mass is 9.86. The fourth-order valence-electron chi connectivity index (χ4n) is 5.31. The fourth-order valence-corrected chi connectivity index (χ4v) is 5.31. The van der Waals surface area contributed by atoms with Crippen LogP contribution in [0.1, 0.15) is 67.4 Å². The number of anilines is 1. The van der Waals surface area contributed by atoms with E-state index >= 15 is 4.39 Å². The van der Waals surface area contributed by atoms with Gasteiger partial charge < -0.3 is 20.9 Å². The van der Waals surface area contributed by atoms with E-state index in [4.69, 9.17) is 15.6 Å². The minimum absolute atomic E-state index is 0.0408. The zero-order valence-electron chi connectivity index (χ0n) is 25.1. The lowest BCUT2D eigenvalue weighted by Crippen LogP contribution is -2.20. The molecule has 43 heavy (non-hydrogen) atoms. The first kappa shape index (κ1) is 31.5. The summed E-state index contributed by atoms with van der Waals surface area (Å²) in [6, 6.07) is 8.48. The van der Waals surface area contributed by atoms with Crippen molar-refractivity contribution in [1.29, 1.82) is 10.8 Å². The smallest absolute Gasteiger partial charge is 0.201 e. The van der Waals surface area contributed by atoms with Crippen LogP contribution < -0.4 is 10.1 Å². The number of ketones is 1. The van der Waals surface area contributed by atoms with Crippen LogP contribution in [-0.4, -0.2) is 30.0 Å². The maximum Gasteiger partial charge on any atom is 0.201 e. The number of nitrogens with zero attached hydrogens (tertiary/aromatic N) is 1. The van der Waals surface area contributed by atoms with Crippen LogP contribution in [0.5, 0.6) is 5.75 Å². The summed E-state index contributed by atoms with van der Waals surface area (Å²) >= 11 is 0. The molecule has 6 nitrogen and oxygen atoms in total. The summed E-state index contributed by atoms with van der Waals surface area (Å²) in [7, 11) is 1.30. The number of nitrogens with one attached hydrogen (secondary N) is 3. The van der Waals surface area contributed by atoms with Gasteiger partial charge in [-0.15, -0.1) is 0 Å². The Morgan fingerprint density at radius 3 is 2.70 bits per heavy atom. The van der Waals surface area contributed by atoms with Gasteiger partial charge in [0.15, 0.2) is 17.3 Å². The molecule has 0 spiro atoms. The van der Waals surface area contributed by atoms with E-state index in [0.717, 1.165) is 29.1 Å². The molecule has 1 heterocycles. The number of aliphatic imine (C=N–C) groups is 1. The highest BCUT2D eigenvalue weighted by molar-refractivity contribution is 6.13. The van der Waals surface area contributed by atoms with Crippen molar-refractivity contribution >= 4 is 34.2 Å². The first-order valence-electron chi connectivity index (χ1n) is 14.5. The number of hydrogen-bond donors (Lipinski definition) is 3. The van der Waals surface area contributed by atoms with Crippen LogP contribution in [0.3, 0.4) is 0 Å². The molecule has 1 unspecified atom stereocenters. The maximum absolute atomic E-state index is 15.1. The molecule has 2 aromatic carbocycles. The molecule has 8 heteroatoms. The van der Waals surface area contributed by atoms with Crippen molar-refractivity contribution in [3.8, 4) is 5.75 Å². The van der Waals surface area contributed by atoms with Crippen LogP contribution in [-0.2, 0) is 0 Å². The van der Waals surface area contributed by atoms with Crippen LogP contribution in [0.2, 0.25) is 0 Å². The number of Topliss-reactive ketones (excluding diaryl/α,β-unsaturated/α-hetero) is 1. The van der Waals surface area contributed by atoms with Crippen LogP contribution in [0.4, 0.5) is 14.5 Å². The standard InChI is InChI=1S/C35H38F2N4O2/c1-21(10-9-11-23(3)38)29(39)19-31(42)25-15-14-24(18-22(25)2)41-30-13-8-6-5-7-12-27-28(20-40-35(27)30)26-16-17-32(43-4)34(37)33(26)36/h5-6,9,11,13-18,20-21,27,38-39,41H,7-8,10,12,19H2,1-4H3/b6-5-,11-9+,30-13-,38-23?,39-29?/t21-,27?/m1/s1. The Labute approximate surface area is 252 Å². The van der Waals surface area contributed by atoms with E-state index in [1.165, 1.54) is 19.2 Å². The Bertz CT molecular complexity index is 1580. The second-order valence-electron chi connectivity index (χ2n) is 11.0. The van der Waals surface area contributed by atoms with Crippen molar-refractivity contribution in [2.24, 2.45) is 16.8 Å². The predicted molar refractivity (Wildman–Crippen MR) is 171 cm³/mol. The summed E-state index contributed by atoms with van der Waals surface area (Å²) in [5.74, 6) is -2.55. The van der Waals surface area contributed by atoms with Crippen LogP contribution in [0.15, 0.2) is 77.6 Å². The van der Waals surface area contributed by atoms with Gasteiger partial charge in [-0.3, -0.25) is 9.79 Å². The molecule has 2 atom stereocenters. The van der Waals surface area contributed by atoms with Gasteiger partial charge in [-0.1, -0.05) is 31.2 Å². The second kappa shape index (κ2) is 14.1. The molecule has 0 fully saturated rings. The average molecular weight is 585 g/mol. The predicted octanol–water partition coefficient (Wildman–Crippen LogP) is 8.64. The third-order valence-electron chi connectivity index (χ3n) is 7.76. The van der Waals surface area contributed by atoms with E-state index in [2.05, 4.69) is 22.5 Å². The van der Waals surface area contributed by atoms with Gasteiger partial charge in [0, 0.05) is 46.8 Å². The number of fused-ring (bicyclic) bond motifs is 1. The third-order valence-corrected chi connectivity index (χ3v) is 7.76. The number of halogens is 2. The lowest BCUT2D eigenvalue weighted by Gasteiger charge is -2.21. The summed E-state index contributed by atoms with van der Waals surface area (Å²) in [6.07, 6.45) is 14.2. The molecular weight excluding hydrogens is 546 g/mol. The zero-order valence-corrected chi connectivity index (χ0v) is 25.1. The second-order valence-corrected chi connectivity index (χ2v) is 11.0. The normalized spacial score (nSPS) is 19.1. The van der Waals surface area contributed by atoms with Crippen molar-refractivity contribution in [3.05, 3.63) is 101 Å². The molecule has 0 aromatic heterocycles. The minimum atomic E-state index is -1.02. The Hall–Kier alpha value is -4.46. The van der Waals surface area contributed by atoms with Crippen molar-refractivity contribution in [2.45, 2.75) is 52.9 Å². The van der Waals surface area contributed by atoms with Crippen molar-refractivity contribution in [2.75, 3.05) is 12.4 Å². The summed E-state index contributed by atoms with van der Waals surface area (Å²) in [5.41, 5.74) is 5.27. The van der Waals surface area contributed by atoms with E-state index in [9.17, 15) is 9.18 Å². The van der Waals surface area contributed by atoms with Crippen molar-refractivity contribution in [1.82, 2.24) is 0 Å². The summed E-state index contributed by atoms with van der Waals surface area (Å²) in [5, 5.41) is 19.3. The van der Waals surface area contributed by atoms with E-state index in [-0.39, 0.29) is 35.4 Å².